The summed E-state index contributed by atoms with van der Waals surface area (Å²) in [4.78, 5) is 13.8. The summed E-state index contributed by atoms with van der Waals surface area (Å²) in [5.41, 5.74) is 13.6. The first kappa shape index (κ1) is 12.0. The van der Waals surface area contributed by atoms with Crippen LogP contribution in [-0.4, -0.2) is 13.0 Å². The number of rotatable bonds is 2. The van der Waals surface area contributed by atoms with Crippen LogP contribution in [0.4, 0.5) is 17.1 Å². The minimum absolute atomic E-state index is 0.118. The predicted octanol–water partition coefficient (Wildman–Crippen LogP) is 2.13. The molecule has 1 amide bonds. The maximum atomic E-state index is 12.2. The first-order valence-electron chi connectivity index (χ1n) is 5.57. The number of carbonyl (C=O) groups excluding carboxylic acids is 1. The number of amides is 1. The van der Waals surface area contributed by atoms with Gasteiger partial charge in [0.25, 0.3) is 5.91 Å². The Morgan fingerprint density at radius 1 is 1.00 bits per heavy atom. The van der Waals surface area contributed by atoms with Crippen molar-refractivity contribution in [3.63, 3.8) is 0 Å². The Morgan fingerprint density at radius 2 is 1.67 bits per heavy atom. The van der Waals surface area contributed by atoms with Gasteiger partial charge in [0.1, 0.15) is 0 Å². The molecule has 0 aliphatic rings. The van der Waals surface area contributed by atoms with Crippen molar-refractivity contribution < 1.29 is 4.79 Å². The topological polar surface area (TPSA) is 72.3 Å². The highest BCUT2D eigenvalue weighted by molar-refractivity contribution is 6.06. The van der Waals surface area contributed by atoms with Crippen LogP contribution in [0.25, 0.3) is 0 Å². The number of nitrogens with two attached hydrogens (primary N) is 2. The van der Waals surface area contributed by atoms with E-state index in [2.05, 4.69) is 0 Å². The van der Waals surface area contributed by atoms with Crippen molar-refractivity contribution >= 4 is 23.0 Å². The molecule has 18 heavy (non-hydrogen) atoms. The van der Waals surface area contributed by atoms with Crippen molar-refractivity contribution in [2.45, 2.75) is 0 Å². The van der Waals surface area contributed by atoms with E-state index in [1.807, 2.05) is 30.3 Å². The van der Waals surface area contributed by atoms with Gasteiger partial charge in [-0.05, 0) is 30.3 Å². The zero-order valence-corrected chi connectivity index (χ0v) is 10.1. The summed E-state index contributed by atoms with van der Waals surface area (Å²) in [6, 6.07) is 14.3. The minimum Gasteiger partial charge on any atom is -0.397 e. The maximum absolute atomic E-state index is 12.2. The molecule has 92 valence electrons. The minimum atomic E-state index is -0.118. The highest BCUT2D eigenvalue weighted by Crippen LogP contribution is 2.19. The first-order valence-corrected chi connectivity index (χ1v) is 5.57. The van der Waals surface area contributed by atoms with E-state index in [-0.39, 0.29) is 5.91 Å². The molecule has 0 saturated heterocycles. The molecule has 0 fully saturated rings. The van der Waals surface area contributed by atoms with Gasteiger partial charge in [-0.3, -0.25) is 4.79 Å². The molecule has 0 heterocycles. The normalized spacial score (nSPS) is 10.1. The summed E-state index contributed by atoms with van der Waals surface area (Å²) in [5.74, 6) is -0.118. The third-order valence-corrected chi connectivity index (χ3v) is 2.78. The lowest BCUT2D eigenvalue weighted by molar-refractivity contribution is 0.0993. The van der Waals surface area contributed by atoms with Crippen LogP contribution in [0.15, 0.2) is 48.5 Å². The van der Waals surface area contributed by atoms with E-state index in [9.17, 15) is 4.79 Å². The average Bonchev–Trinajstić information content (AvgIpc) is 2.41. The Balaban J connectivity index is 2.29. The second-order valence-electron chi connectivity index (χ2n) is 4.04. The van der Waals surface area contributed by atoms with Crippen molar-refractivity contribution in [2.75, 3.05) is 23.4 Å². The standard InChI is InChI=1S/C14H15N3O/c1-17(11-5-3-2-4-6-11)14(18)10-7-8-12(15)13(16)9-10/h2-9H,15-16H2,1H3. The lowest BCUT2D eigenvalue weighted by atomic mass is 10.1. The van der Waals surface area contributed by atoms with Crippen LogP contribution in [0.5, 0.6) is 0 Å². The van der Waals surface area contributed by atoms with Crippen LogP contribution < -0.4 is 16.4 Å². The lowest BCUT2D eigenvalue weighted by Gasteiger charge is -2.17. The molecule has 0 unspecified atom stereocenters. The first-order chi connectivity index (χ1) is 8.59. The molecule has 4 nitrogen and oxygen atoms in total. The van der Waals surface area contributed by atoms with E-state index in [0.29, 0.717) is 16.9 Å². The molecule has 0 spiro atoms. The zero-order chi connectivity index (χ0) is 13.1. The van der Waals surface area contributed by atoms with Gasteiger partial charge in [-0.1, -0.05) is 18.2 Å². The van der Waals surface area contributed by atoms with Crippen LogP contribution >= 0.6 is 0 Å². The molecule has 0 saturated carbocycles. The lowest BCUT2D eigenvalue weighted by Crippen LogP contribution is -2.26. The Bertz CT molecular complexity index is 567. The van der Waals surface area contributed by atoms with Crippen molar-refractivity contribution in [3.8, 4) is 0 Å². The van der Waals surface area contributed by atoms with Crippen molar-refractivity contribution in [1.29, 1.82) is 0 Å². The largest absolute Gasteiger partial charge is 0.397 e. The van der Waals surface area contributed by atoms with E-state index < -0.39 is 0 Å². The molecule has 2 rings (SSSR count). The highest BCUT2D eigenvalue weighted by atomic mass is 16.2. The van der Waals surface area contributed by atoms with Gasteiger partial charge in [-0.15, -0.1) is 0 Å². The van der Waals surface area contributed by atoms with E-state index >= 15 is 0 Å². The fourth-order valence-corrected chi connectivity index (χ4v) is 1.67. The predicted molar refractivity (Wildman–Crippen MR) is 74.4 cm³/mol. The zero-order valence-electron chi connectivity index (χ0n) is 10.1. The number of nitrogens with zero attached hydrogens (tertiary/aromatic N) is 1. The van der Waals surface area contributed by atoms with Crippen molar-refractivity contribution in [1.82, 2.24) is 0 Å². The van der Waals surface area contributed by atoms with Gasteiger partial charge >= 0.3 is 0 Å². The Kier molecular flexibility index (Phi) is 3.19. The number of para-hydroxylation sites is 1. The molecule has 0 aromatic heterocycles. The average molecular weight is 241 g/mol. The summed E-state index contributed by atoms with van der Waals surface area (Å²) in [6.45, 7) is 0. The number of anilines is 3. The Hall–Kier alpha value is -2.49. The van der Waals surface area contributed by atoms with Crippen LogP contribution in [0, 0.1) is 0 Å². The molecule has 0 bridgehead atoms. The number of hydrogen-bond acceptors (Lipinski definition) is 3. The number of benzene rings is 2. The highest BCUT2D eigenvalue weighted by Gasteiger charge is 2.13. The van der Waals surface area contributed by atoms with Crippen LogP contribution in [0.2, 0.25) is 0 Å². The fourth-order valence-electron chi connectivity index (χ4n) is 1.67. The smallest absolute Gasteiger partial charge is 0.258 e. The quantitative estimate of drug-likeness (QED) is 0.791. The second kappa shape index (κ2) is 4.79. The van der Waals surface area contributed by atoms with E-state index in [0.717, 1.165) is 5.69 Å². The van der Waals surface area contributed by atoms with Gasteiger partial charge in [-0.25, -0.2) is 0 Å². The van der Waals surface area contributed by atoms with Crippen LogP contribution in [0.3, 0.4) is 0 Å². The summed E-state index contributed by atoms with van der Waals surface area (Å²) in [7, 11) is 1.73. The van der Waals surface area contributed by atoms with Crippen molar-refractivity contribution in [2.24, 2.45) is 0 Å². The molecule has 0 radical (unpaired) electrons. The molecular weight excluding hydrogens is 226 g/mol. The summed E-state index contributed by atoms with van der Waals surface area (Å²) in [6.07, 6.45) is 0. The molecule has 2 aromatic rings. The second-order valence-corrected chi connectivity index (χ2v) is 4.04. The van der Waals surface area contributed by atoms with E-state index in [1.165, 1.54) is 0 Å². The molecule has 0 aliphatic carbocycles. The summed E-state index contributed by atoms with van der Waals surface area (Å²) in [5, 5.41) is 0. The van der Waals surface area contributed by atoms with Gasteiger partial charge in [-0.2, -0.15) is 0 Å². The molecule has 0 aliphatic heterocycles. The molecule has 4 N–H and O–H groups in total. The van der Waals surface area contributed by atoms with E-state index in [1.54, 1.807) is 30.1 Å². The van der Waals surface area contributed by atoms with Gasteiger partial charge < -0.3 is 16.4 Å². The SMILES string of the molecule is CN(C(=O)c1ccc(N)c(N)c1)c1ccccc1. The van der Waals surface area contributed by atoms with E-state index in [4.69, 9.17) is 11.5 Å². The van der Waals surface area contributed by atoms with Gasteiger partial charge in [0.15, 0.2) is 0 Å². The van der Waals surface area contributed by atoms with Gasteiger partial charge in [0.05, 0.1) is 11.4 Å². The molecule has 4 heteroatoms. The Morgan fingerprint density at radius 3 is 2.28 bits per heavy atom. The summed E-state index contributed by atoms with van der Waals surface area (Å²) >= 11 is 0. The number of hydrogen-bond donors (Lipinski definition) is 2. The monoisotopic (exact) mass is 241 g/mol. The van der Waals surface area contributed by atoms with Crippen LogP contribution in [-0.2, 0) is 0 Å². The molecular formula is C14H15N3O. The van der Waals surface area contributed by atoms with Gasteiger partial charge in [0, 0.05) is 18.3 Å². The third kappa shape index (κ3) is 2.27. The van der Waals surface area contributed by atoms with Crippen LogP contribution in [0.1, 0.15) is 10.4 Å². The van der Waals surface area contributed by atoms with Gasteiger partial charge in [0.2, 0.25) is 0 Å². The third-order valence-electron chi connectivity index (χ3n) is 2.78. The summed E-state index contributed by atoms with van der Waals surface area (Å²) < 4.78 is 0. The fraction of sp³-hybridized carbons (Fsp3) is 0.0714. The molecule has 2 aromatic carbocycles. The number of nitrogen functional groups attached to an aromatic ring is 2. The molecule has 0 atom stereocenters. The maximum Gasteiger partial charge on any atom is 0.258 e. The number of carbonyl (C=O) groups is 1. The Labute approximate surface area is 106 Å². The van der Waals surface area contributed by atoms with Crippen molar-refractivity contribution in [3.05, 3.63) is 54.1 Å².